The van der Waals surface area contributed by atoms with E-state index in [1.807, 2.05) is 0 Å². The van der Waals surface area contributed by atoms with Crippen LogP contribution in [0.25, 0.3) is 0 Å². The van der Waals surface area contributed by atoms with Gasteiger partial charge < -0.3 is 9.80 Å². The molecule has 130 valence electrons. The highest BCUT2D eigenvalue weighted by molar-refractivity contribution is 6.30. The number of amides is 2. The first-order valence-corrected chi connectivity index (χ1v) is 8.70. The molecule has 7 nitrogen and oxygen atoms in total. The van der Waals surface area contributed by atoms with Crippen LogP contribution in [0, 0.1) is 0 Å². The smallest absolute Gasteiger partial charge is 0.267 e. The topological polar surface area (TPSA) is 75.5 Å². The van der Waals surface area contributed by atoms with Crippen molar-refractivity contribution in [1.29, 1.82) is 0 Å². The summed E-state index contributed by atoms with van der Waals surface area (Å²) in [5.41, 5.74) is 1.20. The van der Waals surface area contributed by atoms with Gasteiger partial charge in [0.2, 0.25) is 11.8 Å². The molecular formula is C16H21ClN4O3. The Hall–Kier alpha value is -1.89. The van der Waals surface area contributed by atoms with E-state index in [1.54, 1.807) is 16.7 Å². The largest absolute Gasteiger partial charge is 0.341 e. The maximum Gasteiger partial charge on any atom is 0.267 e. The Kier molecular flexibility index (Phi) is 4.89. The van der Waals surface area contributed by atoms with Crippen LogP contribution in [0.2, 0.25) is 0 Å². The molecule has 0 radical (unpaired) electrons. The summed E-state index contributed by atoms with van der Waals surface area (Å²) in [4.78, 5) is 39.9. The molecule has 0 saturated carbocycles. The van der Waals surface area contributed by atoms with Crippen molar-refractivity contribution in [2.24, 2.45) is 0 Å². The Morgan fingerprint density at radius 3 is 2.62 bits per heavy atom. The van der Waals surface area contributed by atoms with E-state index in [-0.39, 0.29) is 23.9 Å². The third-order valence-electron chi connectivity index (χ3n) is 4.54. The van der Waals surface area contributed by atoms with E-state index in [2.05, 4.69) is 5.10 Å². The average Bonchev–Trinajstić information content (AvgIpc) is 3.09. The van der Waals surface area contributed by atoms with Gasteiger partial charge in [-0.2, -0.15) is 5.10 Å². The lowest BCUT2D eigenvalue weighted by molar-refractivity contribution is -0.131. The van der Waals surface area contributed by atoms with Gasteiger partial charge in [0, 0.05) is 44.2 Å². The number of fused-ring (bicyclic) bond motifs is 1. The molecule has 3 rings (SSSR count). The number of likely N-dealkylation sites (tertiary alicyclic amines) is 1. The molecule has 0 spiro atoms. The van der Waals surface area contributed by atoms with Gasteiger partial charge in [-0.15, -0.1) is 11.6 Å². The maximum absolute atomic E-state index is 12.3. The molecule has 1 saturated heterocycles. The Labute approximate surface area is 145 Å². The number of carbonyl (C=O) groups excluding carboxylic acids is 2. The molecule has 3 heterocycles. The fourth-order valence-electron chi connectivity index (χ4n) is 3.19. The van der Waals surface area contributed by atoms with Crippen molar-refractivity contribution in [3.05, 3.63) is 27.7 Å². The molecular weight excluding hydrogens is 332 g/mol. The summed E-state index contributed by atoms with van der Waals surface area (Å²) in [5, 5.41) is 3.76. The molecule has 0 aromatic carbocycles. The molecule has 0 aliphatic carbocycles. The number of nitrogens with zero attached hydrogens (tertiary/aromatic N) is 4. The molecule has 8 heteroatoms. The third kappa shape index (κ3) is 3.45. The summed E-state index contributed by atoms with van der Waals surface area (Å²) in [6.45, 7) is 3.99. The molecule has 1 unspecified atom stereocenters. The summed E-state index contributed by atoms with van der Waals surface area (Å²) >= 11 is 5.85. The van der Waals surface area contributed by atoms with E-state index in [0.29, 0.717) is 19.5 Å². The van der Waals surface area contributed by atoms with Gasteiger partial charge in [-0.3, -0.25) is 14.4 Å². The van der Waals surface area contributed by atoms with Gasteiger partial charge in [0.05, 0.1) is 5.69 Å². The van der Waals surface area contributed by atoms with E-state index in [4.69, 9.17) is 11.6 Å². The Balaban J connectivity index is 1.75. The van der Waals surface area contributed by atoms with Gasteiger partial charge in [-0.05, 0) is 19.8 Å². The van der Waals surface area contributed by atoms with Crippen molar-refractivity contribution >= 4 is 23.4 Å². The number of aromatic nitrogens is 2. The number of hydrogen-bond acceptors (Lipinski definition) is 4. The van der Waals surface area contributed by atoms with Gasteiger partial charge in [0.25, 0.3) is 5.56 Å². The van der Waals surface area contributed by atoms with Crippen LogP contribution in [-0.2, 0) is 29.1 Å². The zero-order chi connectivity index (χ0) is 17.3. The van der Waals surface area contributed by atoms with Crippen molar-refractivity contribution in [3.63, 3.8) is 0 Å². The summed E-state index contributed by atoms with van der Waals surface area (Å²) in [6, 6.07) is 1.48. The summed E-state index contributed by atoms with van der Waals surface area (Å²) in [7, 11) is 0. The summed E-state index contributed by atoms with van der Waals surface area (Å²) < 4.78 is 1.24. The van der Waals surface area contributed by atoms with Crippen molar-refractivity contribution in [1.82, 2.24) is 19.6 Å². The average molecular weight is 353 g/mol. The highest BCUT2D eigenvalue weighted by Crippen LogP contribution is 2.17. The Bertz CT molecular complexity index is 710. The summed E-state index contributed by atoms with van der Waals surface area (Å²) in [6.07, 6.45) is 2.59. The molecule has 24 heavy (non-hydrogen) atoms. The van der Waals surface area contributed by atoms with E-state index in [9.17, 15) is 14.4 Å². The van der Waals surface area contributed by atoms with Crippen LogP contribution in [0.4, 0.5) is 0 Å². The first kappa shape index (κ1) is 17.0. The van der Waals surface area contributed by atoms with Crippen molar-refractivity contribution < 1.29 is 9.59 Å². The quantitative estimate of drug-likeness (QED) is 0.737. The lowest BCUT2D eigenvalue weighted by Crippen LogP contribution is -2.42. The minimum Gasteiger partial charge on any atom is -0.341 e. The monoisotopic (exact) mass is 352 g/mol. The predicted octanol–water partition coefficient (Wildman–Crippen LogP) is 0.378. The number of hydrogen-bond donors (Lipinski definition) is 0. The normalized spacial score (nSPS) is 18.4. The molecule has 2 aliphatic rings. The van der Waals surface area contributed by atoms with Gasteiger partial charge in [-0.25, -0.2) is 4.68 Å². The predicted molar refractivity (Wildman–Crippen MR) is 88.7 cm³/mol. The van der Waals surface area contributed by atoms with Crippen molar-refractivity contribution in [2.45, 2.75) is 44.7 Å². The molecule has 1 atom stereocenters. The van der Waals surface area contributed by atoms with Crippen LogP contribution in [0.1, 0.15) is 31.0 Å². The Morgan fingerprint density at radius 1 is 1.25 bits per heavy atom. The van der Waals surface area contributed by atoms with Gasteiger partial charge in [0.1, 0.15) is 11.9 Å². The first-order chi connectivity index (χ1) is 11.5. The van der Waals surface area contributed by atoms with Crippen LogP contribution >= 0.6 is 11.6 Å². The second-order valence-corrected chi connectivity index (χ2v) is 6.98. The van der Waals surface area contributed by atoms with E-state index in [1.165, 1.54) is 10.7 Å². The Morgan fingerprint density at radius 2 is 1.96 bits per heavy atom. The zero-order valence-electron chi connectivity index (χ0n) is 13.7. The summed E-state index contributed by atoms with van der Waals surface area (Å²) in [5.74, 6) is -0.207. The first-order valence-electron chi connectivity index (χ1n) is 8.26. The fraction of sp³-hybridized carbons (Fsp3) is 0.625. The minimum absolute atomic E-state index is 0.0204. The van der Waals surface area contributed by atoms with Gasteiger partial charge in [-0.1, -0.05) is 0 Å². The third-order valence-corrected chi connectivity index (χ3v) is 4.73. The van der Waals surface area contributed by atoms with Gasteiger partial charge in [0.15, 0.2) is 0 Å². The van der Waals surface area contributed by atoms with Crippen molar-refractivity contribution in [3.8, 4) is 0 Å². The molecule has 2 amide bonds. The minimum atomic E-state index is -0.585. The van der Waals surface area contributed by atoms with Crippen LogP contribution in [0.15, 0.2) is 10.9 Å². The number of carbonyl (C=O) groups is 2. The van der Waals surface area contributed by atoms with Crippen LogP contribution in [0.5, 0.6) is 0 Å². The van der Waals surface area contributed by atoms with E-state index >= 15 is 0 Å². The molecule has 2 aliphatic heterocycles. The lowest BCUT2D eigenvalue weighted by atomic mass is 10.1. The SMILES string of the molecule is CC(Cl)C(=O)N1CCc2nn(CC(=O)N3CCCC3)c(=O)cc2C1. The molecule has 0 bridgehead atoms. The number of rotatable bonds is 3. The van der Waals surface area contributed by atoms with Crippen molar-refractivity contribution in [2.75, 3.05) is 19.6 Å². The van der Waals surface area contributed by atoms with Crippen LogP contribution in [-0.4, -0.2) is 56.4 Å². The highest BCUT2D eigenvalue weighted by atomic mass is 35.5. The van der Waals surface area contributed by atoms with Gasteiger partial charge >= 0.3 is 0 Å². The molecule has 1 fully saturated rings. The van der Waals surface area contributed by atoms with E-state index in [0.717, 1.165) is 37.2 Å². The zero-order valence-corrected chi connectivity index (χ0v) is 14.5. The standard InChI is InChI=1S/C16H21ClN4O3/c1-11(17)16(24)20-7-4-13-12(9-20)8-14(22)21(18-13)10-15(23)19-5-2-3-6-19/h8,11H,2-7,9-10H2,1H3. The second kappa shape index (κ2) is 6.93. The molecule has 1 aromatic heterocycles. The maximum atomic E-state index is 12.3. The number of halogens is 1. The second-order valence-electron chi connectivity index (χ2n) is 6.33. The van der Waals surface area contributed by atoms with E-state index < -0.39 is 5.38 Å². The molecule has 1 aromatic rings. The highest BCUT2D eigenvalue weighted by Gasteiger charge is 2.26. The molecule has 0 N–H and O–H groups in total. The van der Waals surface area contributed by atoms with Crippen LogP contribution in [0.3, 0.4) is 0 Å². The van der Waals surface area contributed by atoms with Crippen LogP contribution < -0.4 is 5.56 Å². The number of alkyl halides is 1. The fourth-order valence-corrected chi connectivity index (χ4v) is 3.32. The lowest BCUT2D eigenvalue weighted by Gasteiger charge is -2.29.